The van der Waals surface area contributed by atoms with Crippen molar-refractivity contribution in [2.24, 2.45) is 0 Å². The van der Waals surface area contributed by atoms with E-state index in [1.54, 1.807) is 12.1 Å². The maximum Gasteiger partial charge on any atom is 0.336 e. The number of hydrogen-bond acceptors (Lipinski definition) is 2. The normalized spacial score (nSPS) is 15.4. The van der Waals surface area contributed by atoms with Crippen LogP contribution in [-0.2, 0) is 0 Å². The smallest absolute Gasteiger partial charge is 0.336 e. The van der Waals surface area contributed by atoms with E-state index in [1.165, 1.54) is 0 Å². The summed E-state index contributed by atoms with van der Waals surface area (Å²) in [6.45, 7) is 0. The fourth-order valence-corrected chi connectivity index (χ4v) is 3.46. The van der Waals surface area contributed by atoms with Crippen LogP contribution in [0.5, 0.6) is 0 Å². The fourth-order valence-electron chi connectivity index (χ4n) is 1.97. The quantitative estimate of drug-likeness (QED) is 0.811. The molecule has 3 nitrogen and oxygen atoms in total. The molecule has 18 heavy (non-hydrogen) atoms. The van der Waals surface area contributed by atoms with E-state index in [4.69, 9.17) is 0 Å². The molecule has 0 aliphatic carbocycles. The van der Waals surface area contributed by atoms with Gasteiger partial charge < -0.3 is 5.11 Å². The first-order valence-corrected chi connectivity index (χ1v) is 6.99. The van der Waals surface area contributed by atoms with E-state index in [0.717, 1.165) is 10.4 Å². The summed E-state index contributed by atoms with van der Waals surface area (Å²) in [7, 11) is -0.462. The number of carboxylic acids is 1. The molecular weight excluding hydrogens is 246 g/mol. The number of pyridine rings is 1. The number of nitrogens with zero attached hydrogens (tertiary/aromatic N) is 1. The topological polar surface area (TPSA) is 50.2 Å². The molecule has 2 aromatic rings. The second-order valence-electron chi connectivity index (χ2n) is 3.96. The molecule has 3 rings (SSSR count). The lowest BCUT2D eigenvalue weighted by molar-refractivity contribution is 0.0699. The highest BCUT2D eigenvalue weighted by Crippen LogP contribution is 2.42. The molecule has 0 saturated heterocycles. The molecule has 0 bridgehead atoms. The summed E-state index contributed by atoms with van der Waals surface area (Å²) < 4.78 is 0. The SMILES string of the molecule is O=C(O)c1cccc2ncc([SH]3C=CC=C3)cc12. The molecule has 1 aromatic heterocycles. The second-order valence-corrected chi connectivity index (χ2v) is 5.89. The molecule has 0 amide bonds. The summed E-state index contributed by atoms with van der Waals surface area (Å²) in [5.41, 5.74) is 1.03. The molecule has 0 radical (unpaired) electrons. The van der Waals surface area contributed by atoms with E-state index < -0.39 is 16.9 Å². The highest BCUT2D eigenvalue weighted by molar-refractivity contribution is 8.22. The summed E-state index contributed by atoms with van der Waals surface area (Å²) in [6.07, 6.45) is 5.86. The molecule has 0 unspecified atom stereocenters. The van der Waals surface area contributed by atoms with Gasteiger partial charge in [0.2, 0.25) is 0 Å². The van der Waals surface area contributed by atoms with Crippen molar-refractivity contribution in [2.75, 3.05) is 0 Å². The lowest BCUT2D eigenvalue weighted by atomic mass is 10.1. The number of carboxylic acid groups (broad SMARTS) is 1. The number of aromatic nitrogens is 1. The van der Waals surface area contributed by atoms with Gasteiger partial charge in [0.1, 0.15) is 0 Å². The first kappa shape index (κ1) is 11.0. The summed E-state index contributed by atoms with van der Waals surface area (Å²) >= 11 is 0. The molecule has 4 heteroatoms. The van der Waals surface area contributed by atoms with Crippen molar-refractivity contribution in [3.8, 4) is 0 Å². The van der Waals surface area contributed by atoms with Gasteiger partial charge in [0.25, 0.3) is 0 Å². The standard InChI is InChI=1S/C14H11NO2S/c16-14(17)11-4-3-5-13-12(11)8-10(9-15-13)18-6-1-2-7-18/h1-9,18H,(H,16,17). The van der Waals surface area contributed by atoms with E-state index in [2.05, 4.69) is 15.8 Å². The highest BCUT2D eigenvalue weighted by Gasteiger charge is 2.11. The number of thiol groups is 1. The van der Waals surface area contributed by atoms with Crippen LogP contribution in [0.25, 0.3) is 10.9 Å². The van der Waals surface area contributed by atoms with Crippen LogP contribution in [0.4, 0.5) is 0 Å². The summed E-state index contributed by atoms with van der Waals surface area (Å²) in [4.78, 5) is 16.6. The van der Waals surface area contributed by atoms with Crippen molar-refractivity contribution in [1.82, 2.24) is 4.98 Å². The molecule has 0 fully saturated rings. The number of rotatable bonds is 2. The highest BCUT2D eigenvalue weighted by atomic mass is 32.2. The van der Waals surface area contributed by atoms with Gasteiger partial charge in [-0.25, -0.2) is 4.79 Å². The van der Waals surface area contributed by atoms with Crippen LogP contribution in [0, 0.1) is 0 Å². The zero-order chi connectivity index (χ0) is 12.5. The zero-order valence-electron chi connectivity index (χ0n) is 9.45. The fraction of sp³-hybridized carbons (Fsp3) is 0. The molecule has 2 heterocycles. The molecule has 1 aromatic carbocycles. The van der Waals surface area contributed by atoms with E-state index in [9.17, 15) is 9.90 Å². The average molecular weight is 257 g/mol. The van der Waals surface area contributed by atoms with Gasteiger partial charge in [-0.3, -0.25) is 4.98 Å². The third-order valence-electron chi connectivity index (χ3n) is 2.84. The Balaban J connectivity index is 2.21. The molecule has 90 valence electrons. The molecule has 1 N–H and O–H groups in total. The number of hydrogen-bond donors (Lipinski definition) is 2. The lowest BCUT2D eigenvalue weighted by Gasteiger charge is -2.11. The van der Waals surface area contributed by atoms with Gasteiger partial charge in [0.15, 0.2) is 0 Å². The van der Waals surface area contributed by atoms with Crippen LogP contribution < -0.4 is 0 Å². The number of fused-ring (bicyclic) bond motifs is 1. The first-order valence-electron chi connectivity index (χ1n) is 5.51. The number of aromatic carboxylic acids is 1. The maximum absolute atomic E-state index is 11.2. The Hall–Kier alpha value is -2.07. The Kier molecular flexibility index (Phi) is 2.64. The van der Waals surface area contributed by atoms with Gasteiger partial charge in [-0.2, -0.15) is 10.9 Å². The Bertz CT molecular complexity index is 679. The Labute approximate surface area is 107 Å². The van der Waals surface area contributed by atoms with Gasteiger partial charge in [-0.1, -0.05) is 18.2 Å². The zero-order valence-corrected chi connectivity index (χ0v) is 10.3. The molecule has 1 aliphatic heterocycles. The van der Waals surface area contributed by atoms with Crippen molar-refractivity contribution < 1.29 is 9.90 Å². The van der Waals surface area contributed by atoms with Crippen LogP contribution in [0.15, 0.2) is 58.3 Å². The Morgan fingerprint density at radius 2 is 2.00 bits per heavy atom. The maximum atomic E-state index is 11.2. The van der Waals surface area contributed by atoms with E-state index in [0.29, 0.717) is 10.9 Å². The van der Waals surface area contributed by atoms with Crippen LogP contribution in [0.1, 0.15) is 10.4 Å². The van der Waals surface area contributed by atoms with Crippen molar-refractivity contribution in [3.05, 3.63) is 59.0 Å². The summed E-state index contributed by atoms with van der Waals surface area (Å²) in [5, 5.41) is 14.1. The van der Waals surface area contributed by atoms with Crippen LogP contribution >= 0.6 is 10.9 Å². The van der Waals surface area contributed by atoms with E-state index in [-0.39, 0.29) is 0 Å². The molecule has 1 aliphatic rings. The number of benzene rings is 1. The van der Waals surface area contributed by atoms with Crippen molar-refractivity contribution >= 4 is 27.8 Å². The average Bonchev–Trinajstić information content (AvgIpc) is 2.91. The molecule has 0 saturated carbocycles. The minimum absolute atomic E-state index is 0.309. The molecule has 0 atom stereocenters. The van der Waals surface area contributed by atoms with Gasteiger partial charge >= 0.3 is 5.97 Å². The van der Waals surface area contributed by atoms with Crippen LogP contribution in [0.3, 0.4) is 0 Å². The van der Waals surface area contributed by atoms with E-state index in [1.807, 2.05) is 30.5 Å². The van der Waals surface area contributed by atoms with Crippen LogP contribution in [-0.4, -0.2) is 16.1 Å². The van der Waals surface area contributed by atoms with Crippen molar-refractivity contribution in [3.63, 3.8) is 0 Å². The van der Waals surface area contributed by atoms with Gasteiger partial charge in [0, 0.05) is 16.5 Å². The monoisotopic (exact) mass is 257 g/mol. The summed E-state index contributed by atoms with van der Waals surface area (Å²) in [6, 6.07) is 7.11. The third kappa shape index (κ3) is 1.80. The van der Waals surface area contributed by atoms with Crippen LogP contribution in [0.2, 0.25) is 0 Å². The van der Waals surface area contributed by atoms with Crippen molar-refractivity contribution in [1.29, 1.82) is 0 Å². The predicted molar refractivity (Wildman–Crippen MR) is 74.2 cm³/mol. The Morgan fingerprint density at radius 1 is 1.22 bits per heavy atom. The predicted octanol–water partition coefficient (Wildman–Crippen LogP) is 3.33. The first-order chi connectivity index (χ1) is 8.75. The minimum atomic E-state index is -0.912. The van der Waals surface area contributed by atoms with Gasteiger partial charge in [-0.05, 0) is 29.0 Å². The van der Waals surface area contributed by atoms with Gasteiger partial charge in [-0.15, -0.1) is 0 Å². The molecular formula is C14H11NO2S. The van der Waals surface area contributed by atoms with Gasteiger partial charge in [0.05, 0.1) is 11.1 Å². The lowest BCUT2D eigenvalue weighted by Crippen LogP contribution is -1.98. The second kappa shape index (κ2) is 4.31. The summed E-state index contributed by atoms with van der Waals surface area (Å²) in [5.74, 6) is -0.912. The van der Waals surface area contributed by atoms with Crippen molar-refractivity contribution in [2.45, 2.75) is 4.90 Å². The molecule has 0 spiro atoms. The number of carbonyl (C=O) groups is 1. The Morgan fingerprint density at radius 3 is 2.72 bits per heavy atom. The number of allylic oxidation sites excluding steroid dienone is 2. The largest absolute Gasteiger partial charge is 0.478 e. The van der Waals surface area contributed by atoms with E-state index >= 15 is 0 Å². The third-order valence-corrected chi connectivity index (χ3v) is 4.67. The minimum Gasteiger partial charge on any atom is -0.478 e.